The quantitative estimate of drug-likeness (QED) is 0.768. The first-order chi connectivity index (χ1) is 13.1. The van der Waals surface area contributed by atoms with Crippen LogP contribution < -0.4 is 10.7 Å². The number of benzene rings is 2. The predicted molar refractivity (Wildman–Crippen MR) is 104 cm³/mol. The third-order valence-electron chi connectivity index (χ3n) is 4.94. The van der Waals surface area contributed by atoms with Crippen molar-refractivity contribution >= 4 is 16.9 Å². The molecular formula is C22H21NO4. The number of rotatable bonds is 4. The van der Waals surface area contributed by atoms with Crippen molar-refractivity contribution in [3.8, 4) is 11.3 Å². The Bertz CT molecular complexity index is 1030. The van der Waals surface area contributed by atoms with Gasteiger partial charge < -0.3 is 14.5 Å². The van der Waals surface area contributed by atoms with Gasteiger partial charge in [-0.05, 0) is 31.9 Å². The average Bonchev–Trinajstić information content (AvgIpc) is 3.23. The van der Waals surface area contributed by atoms with Gasteiger partial charge in [-0.15, -0.1) is 0 Å². The van der Waals surface area contributed by atoms with Crippen LogP contribution in [-0.2, 0) is 4.74 Å². The third-order valence-corrected chi connectivity index (χ3v) is 4.94. The highest BCUT2D eigenvalue weighted by atomic mass is 16.5. The van der Waals surface area contributed by atoms with Crippen LogP contribution >= 0.6 is 0 Å². The standard InChI is InChI=1S/C22H21NO4/c1-14-19(24)17-10-5-11-18(22(25)23-13-16-9-6-12-26-16)21(17)27-20(14)15-7-3-2-4-8-15/h2-5,7-8,10-11,16H,6,9,12-13H2,1H3,(H,23,25)/t16-/m0/s1. The molecule has 0 bridgehead atoms. The first kappa shape index (κ1) is 17.5. The summed E-state index contributed by atoms with van der Waals surface area (Å²) in [4.78, 5) is 25.6. The van der Waals surface area contributed by atoms with Crippen molar-refractivity contribution < 1.29 is 13.9 Å². The number of para-hydroxylation sites is 1. The summed E-state index contributed by atoms with van der Waals surface area (Å²) in [6, 6.07) is 14.5. The Morgan fingerprint density at radius 2 is 1.96 bits per heavy atom. The molecule has 1 aliphatic rings. The lowest BCUT2D eigenvalue weighted by Gasteiger charge is -2.13. The summed E-state index contributed by atoms with van der Waals surface area (Å²) >= 11 is 0. The molecule has 1 aromatic heterocycles. The van der Waals surface area contributed by atoms with Gasteiger partial charge >= 0.3 is 0 Å². The largest absolute Gasteiger partial charge is 0.455 e. The Hall–Kier alpha value is -2.92. The van der Waals surface area contributed by atoms with Crippen LogP contribution in [0.3, 0.4) is 0 Å². The van der Waals surface area contributed by atoms with E-state index < -0.39 is 0 Å². The van der Waals surface area contributed by atoms with Gasteiger partial charge in [0.1, 0.15) is 5.76 Å². The van der Waals surface area contributed by atoms with Crippen LogP contribution in [0.5, 0.6) is 0 Å². The van der Waals surface area contributed by atoms with E-state index in [1.807, 2.05) is 30.3 Å². The molecule has 5 nitrogen and oxygen atoms in total. The molecule has 0 aliphatic carbocycles. The van der Waals surface area contributed by atoms with Crippen LogP contribution in [0.25, 0.3) is 22.3 Å². The highest BCUT2D eigenvalue weighted by Gasteiger charge is 2.20. The van der Waals surface area contributed by atoms with Crippen molar-refractivity contribution in [2.45, 2.75) is 25.9 Å². The van der Waals surface area contributed by atoms with Gasteiger partial charge in [-0.3, -0.25) is 9.59 Å². The van der Waals surface area contributed by atoms with Gasteiger partial charge in [-0.2, -0.15) is 0 Å². The lowest BCUT2D eigenvalue weighted by atomic mass is 10.0. The van der Waals surface area contributed by atoms with E-state index in [0.717, 1.165) is 25.0 Å². The molecule has 138 valence electrons. The number of fused-ring (bicyclic) bond motifs is 1. The SMILES string of the molecule is Cc1c(-c2ccccc2)oc2c(C(=O)NC[C@@H]3CCCO3)cccc2c1=O. The van der Waals surface area contributed by atoms with E-state index in [1.165, 1.54) is 0 Å². The summed E-state index contributed by atoms with van der Waals surface area (Å²) in [6.45, 7) is 2.94. The predicted octanol–water partition coefficient (Wildman–Crippen LogP) is 3.68. The van der Waals surface area contributed by atoms with E-state index in [1.54, 1.807) is 25.1 Å². The van der Waals surface area contributed by atoms with E-state index in [4.69, 9.17) is 9.15 Å². The van der Waals surface area contributed by atoms with Crippen LogP contribution in [0.4, 0.5) is 0 Å². The van der Waals surface area contributed by atoms with Gasteiger partial charge in [0.15, 0.2) is 11.0 Å². The van der Waals surface area contributed by atoms with Gasteiger partial charge in [0.05, 0.1) is 17.1 Å². The number of nitrogens with one attached hydrogen (secondary N) is 1. The maximum atomic E-state index is 12.9. The van der Waals surface area contributed by atoms with Gasteiger partial charge in [0.2, 0.25) is 0 Å². The van der Waals surface area contributed by atoms with E-state index in [0.29, 0.717) is 34.4 Å². The molecule has 1 aliphatic heterocycles. The first-order valence-electron chi connectivity index (χ1n) is 9.17. The Morgan fingerprint density at radius 1 is 1.15 bits per heavy atom. The van der Waals surface area contributed by atoms with E-state index in [2.05, 4.69) is 5.32 Å². The van der Waals surface area contributed by atoms with Crippen LogP contribution in [0.2, 0.25) is 0 Å². The first-order valence-corrected chi connectivity index (χ1v) is 9.17. The molecule has 2 heterocycles. The van der Waals surface area contributed by atoms with Crippen molar-refractivity contribution in [3.63, 3.8) is 0 Å². The second-order valence-electron chi connectivity index (χ2n) is 6.78. The van der Waals surface area contributed by atoms with Crippen molar-refractivity contribution in [3.05, 3.63) is 69.9 Å². The minimum absolute atomic E-state index is 0.0538. The number of carbonyl (C=O) groups is 1. The molecule has 4 rings (SSSR count). The smallest absolute Gasteiger partial charge is 0.255 e. The molecule has 1 N–H and O–H groups in total. The third kappa shape index (κ3) is 3.38. The van der Waals surface area contributed by atoms with Crippen molar-refractivity contribution in [1.82, 2.24) is 5.32 Å². The summed E-state index contributed by atoms with van der Waals surface area (Å²) in [5.41, 5.74) is 1.90. The number of hydrogen-bond donors (Lipinski definition) is 1. The Labute approximate surface area is 157 Å². The Morgan fingerprint density at radius 3 is 2.70 bits per heavy atom. The zero-order chi connectivity index (χ0) is 18.8. The highest BCUT2D eigenvalue weighted by Crippen LogP contribution is 2.27. The number of hydrogen-bond acceptors (Lipinski definition) is 4. The molecule has 27 heavy (non-hydrogen) atoms. The average molecular weight is 363 g/mol. The lowest BCUT2D eigenvalue weighted by molar-refractivity contribution is 0.0858. The van der Waals surface area contributed by atoms with Gasteiger partial charge in [0.25, 0.3) is 5.91 Å². The van der Waals surface area contributed by atoms with Crippen LogP contribution in [0.15, 0.2) is 57.7 Å². The molecule has 0 saturated carbocycles. The maximum absolute atomic E-state index is 12.9. The minimum atomic E-state index is -0.262. The fraction of sp³-hybridized carbons (Fsp3) is 0.273. The summed E-state index contributed by atoms with van der Waals surface area (Å²) < 4.78 is 11.6. The number of ether oxygens (including phenoxy) is 1. The number of carbonyl (C=O) groups excluding carboxylic acids is 1. The number of amides is 1. The van der Waals surface area contributed by atoms with Crippen LogP contribution in [-0.4, -0.2) is 25.2 Å². The second-order valence-corrected chi connectivity index (χ2v) is 6.78. The van der Waals surface area contributed by atoms with E-state index >= 15 is 0 Å². The summed E-state index contributed by atoms with van der Waals surface area (Å²) in [5.74, 6) is 0.231. The lowest BCUT2D eigenvalue weighted by Crippen LogP contribution is -2.32. The van der Waals surface area contributed by atoms with E-state index in [-0.39, 0.29) is 17.4 Å². The molecule has 5 heteroatoms. The van der Waals surface area contributed by atoms with Gasteiger partial charge in [-0.25, -0.2) is 0 Å². The van der Waals surface area contributed by atoms with Gasteiger partial charge in [0, 0.05) is 24.3 Å². The Kier molecular flexibility index (Phi) is 4.77. The summed E-state index contributed by atoms with van der Waals surface area (Å²) in [5, 5.41) is 3.31. The highest BCUT2D eigenvalue weighted by molar-refractivity contribution is 6.05. The Balaban J connectivity index is 1.76. The molecule has 0 spiro atoms. The summed E-state index contributed by atoms with van der Waals surface area (Å²) in [7, 11) is 0. The zero-order valence-electron chi connectivity index (χ0n) is 15.2. The van der Waals surface area contributed by atoms with Crippen molar-refractivity contribution in [1.29, 1.82) is 0 Å². The molecule has 1 fully saturated rings. The molecular weight excluding hydrogens is 342 g/mol. The molecule has 2 aromatic carbocycles. The molecule has 0 unspecified atom stereocenters. The maximum Gasteiger partial charge on any atom is 0.255 e. The molecule has 1 atom stereocenters. The normalized spacial score (nSPS) is 16.6. The summed E-state index contributed by atoms with van der Waals surface area (Å²) in [6.07, 6.45) is 2.02. The fourth-order valence-electron chi connectivity index (χ4n) is 3.46. The van der Waals surface area contributed by atoms with Crippen molar-refractivity contribution in [2.75, 3.05) is 13.2 Å². The van der Waals surface area contributed by atoms with Crippen molar-refractivity contribution in [2.24, 2.45) is 0 Å². The van der Waals surface area contributed by atoms with E-state index in [9.17, 15) is 9.59 Å². The van der Waals surface area contributed by atoms with Gasteiger partial charge in [-0.1, -0.05) is 36.4 Å². The molecule has 1 saturated heterocycles. The minimum Gasteiger partial charge on any atom is -0.455 e. The van der Waals surface area contributed by atoms with Crippen LogP contribution in [0, 0.1) is 6.92 Å². The fourth-order valence-corrected chi connectivity index (χ4v) is 3.46. The topological polar surface area (TPSA) is 68.5 Å². The molecule has 1 amide bonds. The second kappa shape index (κ2) is 7.37. The molecule has 0 radical (unpaired) electrons. The molecule has 3 aromatic rings. The monoisotopic (exact) mass is 363 g/mol. The zero-order valence-corrected chi connectivity index (χ0v) is 15.2. The van der Waals surface area contributed by atoms with Crippen LogP contribution in [0.1, 0.15) is 28.8 Å².